The SMILES string of the molecule is [N-]=[N+]=Nc1ccc(Br)cc1. The molecule has 0 fully saturated rings. The van der Waals surface area contributed by atoms with Gasteiger partial charge in [0.05, 0.1) is 0 Å². The number of azide groups is 1. The van der Waals surface area contributed by atoms with Crippen molar-refractivity contribution in [2.75, 3.05) is 0 Å². The van der Waals surface area contributed by atoms with Crippen LogP contribution >= 0.6 is 15.9 Å². The van der Waals surface area contributed by atoms with Gasteiger partial charge in [0.25, 0.3) is 0 Å². The van der Waals surface area contributed by atoms with E-state index in [0.717, 1.165) is 4.47 Å². The quantitative estimate of drug-likeness (QED) is 0.377. The Balaban J connectivity index is 3.00. The second-order valence-electron chi connectivity index (χ2n) is 1.67. The Hall–Kier alpha value is -0.990. The van der Waals surface area contributed by atoms with E-state index in [0.29, 0.717) is 5.69 Å². The highest BCUT2D eigenvalue weighted by Crippen LogP contribution is 2.16. The summed E-state index contributed by atoms with van der Waals surface area (Å²) < 4.78 is 0.976. The molecule has 1 aromatic rings. The number of hydrogen-bond donors (Lipinski definition) is 0. The van der Waals surface area contributed by atoms with E-state index in [1.807, 2.05) is 12.1 Å². The van der Waals surface area contributed by atoms with E-state index >= 15 is 0 Å². The molecule has 0 spiro atoms. The summed E-state index contributed by atoms with van der Waals surface area (Å²) >= 11 is 3.26. The first-order chi connectivity index (χ1) is 4.83. The van der Waals surface area contributed by atoms with Gasteiger partial charge in [-0.1, -0.05) is 33.2 Å². The zero-order chi connectivity index (χ0) is 7.40. The lowest BCUT2D eigenvalue weighted by molar-refractivity contribution is 1.47. The summed E-state index contributed by atoms with van der Waals surface area (Å²) in [5.41, 5.74) is 8.67. The van der Waals surface area contributed by atoms with Crippen molar-refractivity contribution >= 4 is 21.6 Å². The standard InChI is InChI=1S/C6H4BrN3/c7-5-1-3-6(4-2-5)9-10-8/h1-4H. The van der Waals surface area contributed by atoms with Crippen LogP contribution in [0.25, 0.3) is 10.4 Å². The normalized spacial score (nSPS) is 8.50. The van der Waals surface area contributed by atoms with Gasteiger partial charge in [-0.15, -0.1) is 0 Å². The molecule has 3 nitrogen and oxygen atoms in total. The predicted octanol–water partition coefficient (Wildman–Crippen LogP) is 3.39. The van der Waals surface area contributed by atoms with E-state index in [-0.39, 0.29) is 0 Å². The zero-order valence-electron chi connectivity index (χ0n) is 5.03. The van der Waals surface area contributed by atoms with Gasteiger partial charge >= 0.3 is 0 Å². The maximum atomic E-state index is 8.04. The Morgan fingerprint density at radius 3 is 2.40 bits per heavy atom. The van der Waals surface area contributed by atoms with E-state index in [2.05, 4.69) is 26.0 Å². The molecule has 0 amide bonds. The molecule has 50 valence electrons. The van der Waals surface area contributed by atoms with Gasteiger partial charge < -0.3 is 0 Å². The van der Waals surface area contributed by atoms with Crippen LogP contribution in [0, 0.1) is 0 Å². The Kier molecular flexibility index (Phi) is 2.31. The van der Waals surface area contributed by atoms with Gasteiger partial charge in [0.2, 0.25) is 0 Å². The van der Waals surface area contributed by atoms with Crippen LogP contribution in [0.4, 0.5) is 5.69 Å². The lowest BCUT2D eigenvalue weighted by Crippen LogP contribution is -1.61. The molecule has 0 radical (unpaired) electrons. The fraction of sp³-hybridized carbons (Fsp3) is 0. The Bertz CT molecular complexity index is 261. The van der Waals surface area contributed by atoms with Crippen molar-refractivity contribution in [3.63, 3.8) is 0 Å². The van der Waals surface area contributed by atoms with Crippen molar-refractivity contribution in [2.24, 2.45) is 5.11 Å². The molecule has 0 atom stereocenters. The van der Waals surface area contributed by atoms with E-state index < -0.39 is 0 Å². The molecule has 0 saturated carbocycles. The fourth-order valence-electron chi connectivity index (χ4n) is 0.559. The van der Waals surface area contributed by atoms with Crippen LogP contribution in [0.2, 0.25) is 0 Å². The van der Waals surface area contributed by atoms with Crippen LogP contribution < -0.4 is 0 Å². The smallest absolute Gasteiger partial charge is 0.0376 e. The van der Waals surface area contributed by atoms with Gasteiger partial charge in [0.15, 0.2) is 0 Å². The first-order valence-electron chi connectivity index (χ1n) is 2.63. The van der Waals surface area contributed by atoms with Gasteiger partial charge in [0.1, 0.15) is 0 Å². The molecule has 4 heteroatoms. The molecule has 0 bridgehead atoms. The topological polar surface area (TPSA) is 48.8 Å². The second kappa shape index (κ2) is 3.25. The minimum Gasteiger partial charge on any atom is -0.0608 e. The van der Waals surface area contributed by atoms with Gasteiger partial charge in [-0.2, -0.15) is 0 Å². The summed E-state index contributed by atoms with van der Waals surface area (Å²) in [4.78, 5) is 2.65. The van der Waals surface area contributed by atoms with Crippen molar-refractivity contribution in [1.82, 2.24) is 0 Å². The molecule has 1 aromatic carbocycles. The van der Waals surface area contributed by atoms with E-state index in [4.69, 9.17) is 5.53 Å². The number of halogens is 1. The van der Waals surface area contributed by atoms with Crippen LogP contribution in [0.3, 0.4) is 0 Å². The maximum absolute atomic E-state index is 8.04. The number of hydrogen-bond acceptors (Lipinski definition) is 1. The van der Waals surface area contributed by atoms with Crippen LogP contribution in [0.1, 0.15) is 0 Å². The van der Waals surface area contributed by atoms with Crippen molar-refractivity contribution in [2.45, 2.75) is 0 Å². The van der Waals surface area contributed by atoms with Crippen LogP contribution in [0.5, 0.6) is 0 Å². The predicted molar refractivity (Wildman–Crippen MR) is 42.9 cm³/mol. The highest BCUT2D eigenvalue weighted by atomic mass is 79.9. The van der Waals surface area contributed by atoms with Gasteiger partial charge in [0, 0.05) is 15.1 Å². The van der Waals surface area contributed by atoms with E-state index in [1.165, 1.54) is 0 Å². The van der Waals surface area contributed by atoms with Crippen LogP contribution in [0.15, 0.2) is 33.9 Å². The maximum Gasteiger partial charge on any atom is 0.0376 e. The summed E-state index contributed by atoms with van der Waals surface area (Å²) in [5.74, 6) is 0. The first-order valence-corrected chi connectivity index (χ1v) is 3.43. The summed E-state index contributed by atoms with van der Waals surface area (Å²) in [7, 11) is 0. The van der Waals surface area contributed by atoms with Gasteiger partial charge in [-0.3, -0.25) is 0 Å². The summed E-state index contributed by atoms with van der Waals surface area (Å²) in [5, 5.41) is 3.41. The molecule has 0 aliphatic heterocycles. The summed E-state index contributed by atoms with van der Waals surface area (Å²) in [6.07, 6.45) is 0. The third-order valence-corrected chi connectivity index (χ3v) is 1.52. The highest BCUT2D eigenvalue weighted by Gasteiger charge is 1.85. The van der Waals surface area contributed by atoms with Crippen molar-refractivity contribution in [3.05, 3.63) is 39.2 Å². The molecule has 0 N–H and O–H groups in total. The molecule has 0 aliphatic rings. The number of benzene rings is 1. The molecule has 0 aromatic heterocycles. The molecule has 1 rings (SSSR count). The Morgan fingerprint density at radius 1 is 1.30 bits per heavy atom. The molecular formula is C6H4BrN3. The largest absolute Gasteiger partial charge is 0.0608 e. The lowest BCUT2D eigenvalue weighted by atomic mass is 10.3. The molecule has 0 heterocycles. The number of nitrogens with zero attached hydrogens (tertiary/aromatic N) is 3. The first kappa shape index (κ1) is 7.12. The Morgan fingerprint density at radius 2 is 1.90 bits per heavy atom. The minimum atomic E-state index is 0.630. The summed E-state index contributed by atoms with van der Waals surface area (Å²) in [6.45, 7) is 0. The molecular weight excluding hydrogens is 194 g/mol. The second-order valence-corrected chi connectivity index (χ2v) is 2.58. The van der Waals surface area contributed by atoms with Crippen LogP contribution in [-0.2, 0) is 0 Å². The van der Waals surface area contributed by atoms with E-state index in [9.17, 15) is 0 Å². The lowest BCUT2D eigenvalue weighted by Gasteiger charge is -1.88. The van der Waals surface area contributed by atoms with E-state index in [1.54, 1.807) is 12.1 Å². The molecule has 10 heavy (non-hydrogen) atoms. The Labute approximate surface area is 66.4 Å². The zero-order valence-corrected chi connectivity index (χ0v) is 6.62. The third-order valence-electron chi connectivity index (χ3n) is 0.987. The fourth-order valence-corrected chi connectivity index (χ4v) is 0.824. The molecule has 0 unspecified atom stereocenters. The number of rotatable bonds is 1. The molecule has 0 aliphatic carbocycles. The van der Waals surface area contributed by atoms with Crippen molar-refractivity contribution in [3.8, 4) is 0 Å². The minimum absolute atomic E-state index is 0.630. The average Bonchev–Trinajstić information content (AvgIpc) is 1.95. The average molecular weight is 198 g/mol. The third kappa shape index (κ3) is 1.76. The highest BCUT2D eigenvalue weighted by molar-refractivity contribution is 9.10. The van der Waals surface area contributed by atoms with Crippen molar-refractivity contribution in [1.29, 1.82) is 0 Å². The van der Waals surface area contributed by atoms with Crippen molar-refractivity contribution < 1.29 is 0 Å². The van der Waals surface area contributed by atoms with Gasteiger partial charge in [-0.25, -0.2) is 0 Å². The molecule has 0 saturated heterocycles. The van der Waals surface area contributed by atoms with Gasteiger partial charge in [-0.05, 0) is 17.7 Å². The monoisotopic (exact) mass is 197 g/mol. The van der Waals surface area contributed by atoms with Crippen LogP contribution in [-0.4, -0.2) is 0 Å². The summed E-state index contributed by atoms with van der Waals surface area (Å²) in [6, 6.07) is 7.13.